The molecule has 18 heavy (non-hydrogen) atoms. The molecule has 0 aromatic heterocycles. The lowest BCUT2D eigenvalue weighted by Crippen LogP contribution is -2.36. The number of ether oxygens (including phenoxy) is 1. The summed E-state index contributed by atoms with van der Waals surface area (Å²) in [7, 11) is 0. The summed E-state index contributed by atoms with van der Waals surface area (Å²) in [5.74, 6) is 2.67. The Morgan fingerprint density at radius 1 is 1.17 bits per heavy atom. The molecule has 2 heteroatoms. The van der Waals surface area contributed by atoms with E-state index >= 15 is 0 Å². The average molecular weight is 245 g/mol. The second-order valence-electron chi connectivity index (χ2n) is 5.90. The van der Waals surface area contributed by atoms with Crippen LogP contribution in [0.3, 0.4) is 0 Å². The second-order valence-corrected chi connectivity index (χ2v) is 5.90. The smallest absolute Gasteiger partial charge is 0.119 e. The lowest BCUT2D eigenvalue weighted by molar-refractivity contribution is 0.272. The highest BCUT2D eigenvalue weighted by Crippen LogP contribution is 2.28. The monoisotopic (exact) mass is 245 g/mol. The molecule has 1 aliphatic heterocycles. The Hall–Kier alpha value is -1.02. The minimum Gasteiger partial charge on any atom is -0.490 e. The van der Waals surface area contributed by atoms with E-state index in [4.69, 9.17) is 4.74 Å². The van der Waals surface area contributed by atoms with E-state index in [2.05, 4.69) is 36.5 Å². The highest BCUT2D eigenvalue weighted by Gasteiger charge is 2.24. The fourth-order valence-electron chi connectivity index (χ4n) is 2.71. The van der Waals surface area contributed by atoms with Crippen LogP contribution < -0.4 is 10.1 Å². The van der Waals surface area contributed by atoms with Crippen LogP contribution in [0.4, 0.5) is 0 Å². The van der Waals surface area contributed by atoms with Crippen molar-refractivity contribution in [2.45, 2.75) is 38.7 Å². The van der Waals surface area contributed by atoms with Gasteiger partial charge in [-0.3, -0.25) is 0 Å². The summed E-state index contributed by atoms with van der Waals surface area (Å²) in [6.45, 7) is 4.74. The highest BCUT2D eigenvalue weighted by atomic mass is 16.5. The molecule has 2 fully saturated rings. The first kappa shape index (κ1) is 12.0. The zero-order chi connectivity index (χ0) is 12.4. The molecular weight excluding hydrogens is 222 g/mol. The van der Waals surface area contributed by atoms with Crippen molar-refractivity contribution in [1.82, 2.24) is 5.32 Å². The first-order valence-electron chi connectivity index (χ1n) is 7.27. The van der Waals surface area contributed by atoms with Crippen LogP contribution in [0.2, 0.25) is 0 Å². The summed E-state index contributed by atoms with van der Waals surface area (Å²) < 4.78 is 5.78. The first-order chi connectivity index (χ1) is 8.81. The predicted molar refractivity (Wildman–Crippen MR) is 73.9 cm³/mol. The van der Waals surface area contributed by atoms with Gasteiger partial charge in [-0.05, 0) is 68.3 Å². The minimum atomic E-state index is 0.499. The van der Waals surface area contributed by atoms with Crippen LogP contribution >= 0.6 is 0 Å². The summed E-state index contributed by atoms with van der Waals surface area (Å²) in [6, 6.07) is 8.74. The second kappa shape index (κ2) is 5.31. The van der Waals surface area contributed by atoms with Gasteiger partial charge in [0.1, 0.15) is 5.75 Å². The Morgan fingerprint density at radius 2 is 1.94 bits per heavy atom. The maximum Gasteiger partial charge on any atom is 0.119 e. The molecule has 3 rings (SSSR count). The third-order valence-electron chi connectivity index (χ3n) is 4.24. The molecule has 1 aliphatic carbocycles. The molecule has 2 nitrogen and oxygen atoms in total. The number of nitrogens with one attached hydrogen (secondary N) is 1. The first-order valence-corrected chi connectivity index (χ1v) is 7.27. The van der Waals surface area contributed by atoms with Gasteiger partial charge in [-0.15, -0.1) is 0 Å². The van der Waals surface area contributed by atoms with E-state index in [0.29, 0.717) is 6.10 Å². The standard InChI is InChI=1S/C16H23NO/c1-12-8-9-17-11-14(12)10-13-2-4-15(5-3-13)18-16-6-7-16/h2-5,12,14,16-17H,6-11H2,1H3. The summed E-state index contributed by atoms with van der Waals surface area (Å²) in [4.78, 5) is 0. The van der Waals surface area contributed by atoms with Crippen LogP contribution in [0.25, 0.3) is 0 Å². The van der Waals surface area contributed by atoms with Crippen LogP contribution in [0.1, 0.15) is 31.7 Å². The Kier molecular flexibility index (Phi) is 3.55. The average Bonchev–Trinajstić information content (AvgIpc) is 3.19. The molecule has 2 atom stereocenters. The van der Waals surface area contributed by atoms with E-state index in [1.54, 1.807) is 0 Å². The van der Waals surface area contributed by atoms with Crippen molar-refractivity contribution >= 4 is 0 Å². The summed E-state index contributed by atoms with van der Waals surface area (Å²) in [5, 5.41) is 3.51. The summed E-state index contributed by atoms with van der Waals surface area (Å²) >= 11 is 0. The maximum absolute atomic E-state index is 5.78. The van der Waals surface area contributed by atoms with Gasteiger partial charge < -0.3 is 10.1 Å². The Balaban J connectivity index is 1.57. The number of benzene rings is 1. The van der Waals surface area contributed by atoms with Gasteiger partial charge in [0.2, 0.25) is 0 Å². The van der Waals surface area contributed by atoms with Crippen molar-refractivity contribution in [3.05, 3.63) is 29.8 Å². The van der Waals surface area contributed by atoms with Gasteiger partial charge in [0.15, 0.2) is 0 Å². The summed E-state index contributed by atoms with van der Waals surface area (Å²) in [6.07, 6.45) is 5.46. The van der Waals surface area contributed by atoms with Crippen molar-refractivity contribution < 1.29 is 4.74 Å². The van der Waals surface area contributed by atoms with Crippen molar-refractivity contribution in [2.75, 3.05) is 13.1 Å². The van der Waals surface area contributed by atoms with E-state index in [1.165, 1.54) is 44.3 Å². The van der Waals surface area contributed by atoms with Crippen LogP contribution in [-0.4, -0.2) is 19.2 Å². The van der Waals surface area contributed by atoms with E-state index < -0.39 is 0 Å². The van der Waals surface area contributed by atoms with Crippen molar-refractivity contribution in [1.29, 1.82) is 0 Å². The largest absolute Gasteiger partial charge is 0.490 e. The van der Waals surface area contributed by atoms with Gasteiger partial charge in [0.05, 0.1) is 6.10 Å². The lowest BCUT2D eigenvalue weighted by atomic mass is 9.83. The number of hydrogen-bond donors (Lipinski definition) is 1. The van der Waals surface area contributed by atoms with Gasteiger partial charge in [0, 0.05) is 0 Å². The fraction of sp³-hybridized carbons (Fsp3) is 0.625. The normalized spacial score (nSPS) is 28.1. The molecule has 0 spiro atoms. The molecule has 2 aliphatic rings. The number of hydrogen-bond acceptors (Lipinski definition) is 2. The van der Waals surface area contributed by atoms with E-state index in [-0.39, 0.29) is 0 Å². The Morgan fingerprint density at radius 3 is 2.61 bits per heavy atom. The molecule has 1 aromatic rings. The van der Waals surface area contributed by atoms with Gasteiger partial charge in [-0.2, -0.15) is 0 Å². The molecule has 1 saturated heterocycles. The molecule has 1 saturated carbocycles. The molecule has 2 unspecified atom stereocenters. The molecular formula is C16H23NO. The maximum atomic E-state index is 5.78. The van der Waals surface area contributed by atoms with E-state index in [9.17, 15) is 0 Å². The van der Waals surface area contributed by atoms with Crippen LogP contribution in [0.15, 0.2) is 24.3 Å². The van der Waals surface area contributed by atoms with Gasteiger partial charge in [0.25, 0.3) is 0 Å². The van der Waals surface area contributed by atoms with E-state index in [1.807, 2.05) is 0 Å². The van der Waals surface area contributed by atoms with Crippen molar-refractivity contribution in [3.63, 3.8) is 0 Å². The zero-order valence-electron chi connectivity index (χ0n) is 11.2. The highest BCUT2D eigenvalue weighted by molar-refractivity contribution is 5.28. The number of piperidine rings is 1. The molecule has 0 radical (unpaired) electrons. The third kappa shape index (κ3) is 3.05. The topological polar surface area (TPSA) is 21.3 Å². The fourth-order valence-corrected chi connectivity index (χ4v) is 2.71. The molecule has 0 amide bonds. The Bertz CT molecular complexity index is 383. The summed E-state index contributed by atoms with van der Waals surface area (Å²) in [5.41, 5.74) is 1.44. The number of rotatable bonds is 4. The third-order valence-corrected chi connectivity index (χ3v) is 4.24. The van der Waals surface area contributed by atoms with Crippen molar-refractivity contribution in [2.24, 2.45) is 11.8 Å². The quantitative estimate of drug-likeness (QED) is 0.880. The van der Waals surface area contributed by atoms with Crippen molar-refractivity contribution in [3.8, 4) is 5.75 Å². The molecule has 0 bridgehead atoms. The molecule has 1 N–H and O–H groups in total. The van der Waals surface area contributed by atoms with Crippen LogP contribution in [0.5, 0.6) is 5.75 Å². The molecule has 1 aromatic carbocycles. The van der Waals surface area contributed by atoms with Gasteiger partial charge >= 0.3 is 0 Å². The lowest BCUT2D eigenvalue weighted by Gasteiger charge is -2.29. The zero-order valence-corrected chi connectivity index (χ0v) is 11.2. The van der Waals surface area contributed by atoms with E-state index in [0.717, 1.165) is 17.6 Å². The Labute approximate surface area is 110 Å². The SMILES string of the molecule is CC1CCNCC1Cc1ccc(OC2CC2)cc1. The molecule has 98 valence electrons. The minimum absolute atomic E-state index is 0.499. The molecule has 1 heterocycles. The van der Waals surface area contributed by atoms with Gasteiger partial charge in [-0.25, -0.2) is 0 Å². The van der Waals surface area contributed by atoms with Crippen LogP contribution in [0, 0.1) is 11.8 Å². The van der Waals surface area contributed by atoms with Crippen LogP contribution in [-0.2, 0) is 6.42 Å². The predicted octanol–water partition coefficient (Wildman–Crippen LogP) is 3.02. The van der Waals surface area contributed by atoms with Gasteiger partial charge in [-0.1, -0.05) is 19.1 Å².